The first-order valence-corrected chi connectivity index (χ1v) is 6.81. The summed E-state index contributed by atoms with van der Waals surface area (Å²) < 4.78 is 31.2. The molecule has 0 heterocycles. The molecular weight excluding hydrogens is 274 g/mol. The third kappa shape index (κ3) is 3.88. The van der Waals surface area contributed by atoms with Crippen LogP contribution in [-0.2, 0) is 14.8 Å². The van der Waals surface area contributed by atoms with E-state index in [4.69, 9.17) is 10.5 Å². The molecule has 0 bridgehead atoms. The van der Waals surface area contributed by atoms with Crippen LogP contribution >= 0.6 is 0 Å². The first kappa shape index (κ1) is 15.3. The highest BCUT2D eigenvalue weighted by atomic mass is 32.2. The van der Waals surface area contributed by atoms with Crippen molar-refractivity contribution in [3.63, 3.8) is 0 Å². The quantitative estimate of drug-likeness (QED) is 0.446. The summed E-state index contributed by atoms with van der Waals surface area (Å²) in [7, 11) is -2.38. The van der Waals surface area contributed by atoms with Gasteiger partial charge in [-0.05, 0) is 13.0 Å². The maximum atomic E-state index is 12.0. The first-order chi connectivity index (χ1) is 8.77. The van der Waals surface area contributed by atoms with E-state index >= 15 is 0 Å². The SMILES string of the molecule is COCC(C)NS(=O)(=O)c1ccc([N+](=O)[O-])cc1N. The number of nitro benzene ring substituents is 1. The van der Waals surface area contributed by atoms with E-state index < -0.39 is 21.0 Å². The number of nitrogens with two attached hydrogens (primary N) is 1. The zero-order chi connectivity index (χ0) is 14.6. The number of nitrogens with one attached hydrogen (secondary N) is 1. The molecule has 0 saturated carbocycles. The van der Waals surface area contributed by atoms with Crippen LogP contribution < -0.4 is 10.5 Å². The molecule has 8 nitrogen and oxygen atoms in total. The van der Waals surface area contributed by atoms with Gasteiger partial charge in [-0.2, -0.15) is 0 Å². The largest absolute Gasteiger partial charge is 0.397 e. The Morgan fingerprint density at radius 3 is 2.63 bits per heavy atom. The van der Waals surface area contributed by atoms with Crippen LogP contribution in [0.5, 0.6) is 0 Å². The molecule has 0 spiro atoms. The summed E-state index contributed by atoms with van der Waals surface area (Å²) in [6, 6.07) is 2.76. The maximum Gasteiger partial charge on any atom is 0.271 e. The van der Waals surface area contributed by atoms with Gasteiger partial charge in [0.15, 0.2) is 0 Å². The fourth-order valence-corrected chi connectivity index (χ4v) is 2.85. The van der Waals surface area contributed by atoms with Gasteiger partial charge in [0, 0.05) is 25.3 Å². The predicted molar refractivity (Wildman–Crippen MR) is 69.2 cm³/mol. The Balaban J connectivity index is 3.05. The highest BCUT2D eigenvalue weighted by Gasteiger charge is 2.21. The number of non-ortho nitro benzene ring substituents is 1. The number of anilines is 1. The Morgan fingerprint density at radius 1 is 1.53 bits per heavy atom. The first-order valence-electron chi connectivity index (χ1n) is 5.33. The molecule has 0 fully saturated rings. The number of nitro groups is 1. The summed E-state index contributed by atoms with van der Waals surface area (Å²) in [6.07, 6.45) is 0. The topological polar surface area (TPSA) is 125 Å². The minimum Gasteiger partial charge on any atom is -0.397 e. The molecule has 1 aromatic rings. The number of rotatable bonds is 6. The minimum atomic E-state index is -3.83. The van der Waals surface area contributed by atoms with Crippen molar-refractivity contribution in [3.8, 4) is 0 Å². The van der Waals surface area contributed by atoms with Crippen molar-refractivity contribution in [2.24, 2.45) is 0 Å². The van der Waals surface area contributed by atoms with Gasteiger partial charge in [-0.3, -0.25) is 10.1 Å². The molecule has 1 aromatic carbocycles. The van der Waals surface area contributed by atoms with Gasteiger partial charge in [-0.25, -0.2) is 13.1 Å². The molecule has 106 valence electrons. The molecule has 0 saturated heterocycles. The minimum absolute atomic E-state index is 0.175. The molecule has 1 unspecified atom stereocenters. The number of sulfonamides is 1. The van der Waals surface area contributed by atoms with E-state index in [9.17, 15) is 18.5 Å². The van der Waals surface area contributed by atoms with Crippen LogP contribution in [0.4, 0.5) is 11.4 Å². The van der Waals surface area contributed by atoms with Crippen molar-refractivity contribution in [2.75, 3.05) is 19.5 Å². The molecule has 1 rings (SSSR count). The number of hydrogen-bond donors (Lipinski definition) is 2. The number of hydrogen-bond acceptors (Lipinski definition) is 6. The van der Waals surface area contributed by atoms with Gasteiger partial charge in [0.25, 0.3) is 5.69 Å². The van der Waals surface area contributed by atoms with Gasteiger partial charge in [-0.15, -0.1) is 0 Å². The second-order valence-electron chi connectivity index (χ2n) is 3.96. The fraction of sp³-hybridized carbons (Fsp3) is 0.400. The zero-order valence-corrected chi connectivity index (χ0v) is 11.3. The van der Waals surface area contributed by atoms with Crippen LogP contribution in [0.2, 0.25) is 0 Å². The van der Waals surface area contributed by atoms with Gasteiger partial charge in [-0.1, -0.05) is 0 Å². The molecule has 3 N–H and O–H groups in total. The number of benzene rings is 1. The van der Waals surface area contributed by atoms with Crippen molar-refractivity contribution in [2.45, 2.75) is 17.9 Å². The fourth-order valence-electron chi connectivity index (χ4n) is 1.51. The van der Waals surface area contributed by atoms with Crippen LogP contribution in [0.1, 0.15) is 6.92 Å². The molecule has 1 atom stereocenters. The van der Waals surface area contributed by atoms with E-state index in [1.807, 2.05) is 0 Å². The van der Waals surface area contributed by atoms with Gasteiger partial charge >= 0.3 is 0 Å². The third-order valence-electron chi connectivity index (χ3n) is 2.27. The molecule has 0 aromatic heterocycles. The van der Waals surface area contributed by atoms with Gasteiger partial charge < -0.3 is 10.5 Å². The van der Waals surface area contributed by atoms with Crippen molar-refractivity contribution in [1.82, 2.24) is 4.72 Å². The Labute approximate surface area is 110 Å². The van der Waals surface area contributed by atoms with Gasteiger partial charge in [0.1, 0.15) is 4.90 Å². The Kier molecular flexibility index (Phi) is 4.81. The number of nitrogen functional groups attached to an aromatic ring is 1. The third-order valence-corrected chi connectivity index (χ3v) is 3.93. The zero-order valence-electron chi connectivity index (χ0n) is 10.5. The van der Waals surface area contributed by atoms with Gasteiger partial charge in [0.05, 0.1) is 17.2 Å². The summed E-state index contributed by atoms with van der Waals surface area (Å²) in [5.74, 6) is 0. The standard InChI is InChI=1S/C10H15N3O5S/c1-7(6-18-2)12-19(16,17)10-4-3-8(13(14)15)5-9(10)11/h3-5,7,12H,6,11H2,1-2H3. The maximum absolute atomic E-state index is 12.0. The monoisotopic (exact) mass is 289 g/mol. The molecule has 0 aliphatic heterocycles. The smallest absolute Gasteiger partial charge is 0.271 e. The number of methoxy groups -OCH3 is 1. The van der Waals surface area contributed by atoms with Crippen LogP contribution in [-0.4, -0.2) is 33.1 Å². The highest BCUT2D eigenvalue weighted by molar-refractivity contribution is 7.89. The molecule has 19 heavy (non-hydrogen) atoms. The second kappa shape index (κ2) is 5.95. The lowest BCUT2D eigenvalue weighted by atomic mass is 10.3. The normalized spacial score (nSPS) is 13.2. The lowest BCUT2D eigenvalue weighted by molar-refractivity contribution is -0.384. The van der Waals surface area contributed by atoms with E-state index in [0.717, 1.165) is 18.2 Å². The number of nitrogens with zero attached hydrogens (tertiary/aromatic N) is 1. The van der Waals surface area contributed by atoms with Crippen molar-refractivity contribution < 1.29 is 18.1 Å². The second-order valence-corrected chi connectivity index (χ2v) is 5.64. The van der Waals surface area contributed by atoms with E-state index in [1.54, 1.807) is 6.92 Å². The summed E-state index contributed by atoms with van der Waals surface area (Å²) in [4.78, 5) is 9.71. The average Bonchev–Trinajstić information content (AvgIpc) is 2.27. The van der Waals surface area contributed by atoms with Crippen LogP contribution in [0, 0.1) is 10.1 Å². The Morgan fingerprint density at radius 2 is 2.16 bits per heavy atom. The molecule has 0 amide bonds. The summed E-state index contributed by atoms with van der Waals surface area (Å²) >= 11 is 0. The van der Waals surface area contributed by atoms with E-state index in [-0.39, 0.29) is 22.9 Å². The summed E-state index contributed by atoms with van der Waals surface area (Å²) in [6.45, 7) is 1.83. The van der Waals surface area contributed by atoms with Crippen LogP contribution in [0.3, 0.4) is 0 Å². The lowest BCUT2D eigenvalue weighted by Gasteiger charge is -2.14. The van der Waals surface area contributed by atoms with E-state index in [0.29, 0.717) is 0 Å². The summed E-state index contributed by atoms with van der Waals surface area (Å²) in [5, 5.41) is 10.5. The molecule has 0 radical (unpaired) electrons. The molecular formula is C10H15N3O5S. The lowest BCUT2D eigenvalue weighted by Crippen LogP contribution is -2.35. The predicted octanol–water partition coefficient (Wildman–Crippen LogP) is 0.490. The molecule has 9 heteroatoms. The average molecular weight is 289 g/mol. The number of ether oxygens (including phenoxy) is 1. The van der Waals surface area contributed by atoms with Crippen LogP contribution in [0.25, 0.3) is 0 Å². The highest BCUT2D eigenvalue weighted by Crippen LogP contribution is 2.23. The van der Waals surface area contributed by atoms with Crippen molar-refractivity contribution in [3.05, 3.63) is 28.3 Å². The van der Waals surface area contributed by atoms with Crippen molar-refractivity contribution >= 4 is 21.4 Å². The van der Waals surface area contributed by atoms with Crippen LogP contribution in [0.15, 0.2) is 23.1 Å². The van der Waals surface area contributed by atoms with E-state index in [2.05, 4.69) is 4.72 Å². The molecule has 0 aliphatic carbocycles. The summed E-state index contributed by atoms with van der Waals surface area (Å²) in [5.41, 5.74) is 5.10. The van der Waals surface area contributed by atoms with E-state index in [1.165, 1.54) is 7.11 Å². The Bertz CT molecular complexity index is 573. The van der Waals surface area contributed by atoms with Gasteiger partial charge in [0.2, 0.25) is 10.0 Å². The Hall–Kier alpha value is -1.71. The molecule has 0 aliphatic rings. The van der Waals surface area contributed by atoms with Crippen molar-refractivity contribution in [1.29, 1.82) is 0 Å².